The molecule has 132 valence electrons. The van der Waals surface area contributed by atoms with E-state index in [2.05, 4.69) is 41.4 Å². The normalized spacial score (nSPS) is 16.0. The molecule has 0 bridgehead atoms. The maximum Gasteiger partial charge on any atom is 0.224 e. The first kappa shape index (κ1) is 17.7. The van der Waals surface area contributed by atoms with Gasteiger partial charge in [0.25, 0.3) is 0 Å². The Hall–Kier alpha value is -2.07. The van der Waals surface area contributed by atoms with Gasteiger partial charge < -0.3 is 10.2 Å². The van der Waals surface area contributed by atoms with Crippen LogP contribution in [0.3, 0.4) is 0 Å². The van der Waals surface area contributed by atoms with E-state index in [-0.39, 0.29) is 12.3 Å². The molecule has 1 aliphatic heterocycles. The van der Waals surface area contributed by atoms with Crippen molar-refractivity contribution in [3.8, 4) is 0 Å². The van der Waals surface area contributed by atoms with Crippen LogP contribution in [0.2, 0.25) is 5.02 Å². The molecule has 0 saturated heterocycles. The fourth-order valence-corrected chi connectivity index (χ4v) is 3.51. The Morgan fingerprint density at radius 2 is 2.12 bits per heavy atom. The molecule has 1 aliphatic rings. The van der Waals surface area contributed by atoms with Crippen LogP contribution in [0.15, 0.2) is 42.5 Å². The Kier molecular flexibility index (Phi) is 5.59. The summed E-state index contributed by atoms with van der Waals surface area (Å²) in [5, 5.41) is 3.21. The summed E-state index contributed by atoms with van der Waals surface area (Å²) in [4.78, 5) is 14.4. The predicted molar refractivity (Wildman–Crippen MR) is 99.7 cm³/mol. The fourth-order valence-electron chi connectivity index (χ4n) is 3.35. The van der Waals surface area contributed by atoms with E-state index in [1.54, 1.807) is 12.1 Å². The average Bonchev–Trinajstić information content (AvgIpc) is 2.90. The summed E-state index contributed by atoms with van der Waals surface area (Å²) in [5.74, 6) is -0.610. The van der Waals surface area contributed by atoms with Gasteiger partial charge in [0.1, 0.15) is 5.82 Å². The highest BCUT2D eigenvalue weighted by atomic mass is 35.5. The van der Waals surface area contributed by atoms with E-state index in [4.69, 9.17) is 11.6 Å². The lowest BCUT2D eigenvalue weighted by Gasteiger charge is -2.24. The van der Waals surface area contributed by atoms with Crippen LogP contribution in [-0.4, -0.2) is 25.0 Å². The number of nitrogens with zero attached hydrogens (tertiary/aromatic N) is 1. The number of rotatable bonds is 6. The van der Waals surface area contributed by atoms with Gasteiger partial charge in [-0.2, -0.15) is 0 Å². The van der Waals surface area contributed by atoms with Crippen molar-refractivity contribution in [2.45, 2.75) is 32.2 Å². The van der Waals surface area contributed by atoms with Crippen LogP contribution in [0, 0.1) is 5.82 Å². The molecule has 0 fully saturated rings. The number of fused-ring (bicyclic) bond motifs is 1. The van der Waals surface area contributed by atoms with Crippen molar-refractivity contribution in [2.24, 2.45) is 0 Å². The summed E-state index contributed by atoms with van der Waals surface area (Å²) in [6.45, 7) is 3.70. The van der Waals surface area contributed by atoms with Crippen LogP contribution in [0.5, 0.6) is 0 Å². The minimum absolute atomic E-state index is 0.0337. The van der Waals surface area contributed by atoms with E-state index in [9.17, 15) is 9.18 Å². The molecule has 25 heavy (non-hydrogen) atoms. The van der Waals surface area contributed by atoms with Crippen molar-refractivity contribution in [2.75, 3.05) is 18.0 Å². The van der Waals surface area contributed by atoms with E-state index >= 15 is 0 Å². The molecule has 0 unspecified atom stereocenters. The lowest BCUT2D eigenvalue weighted by Crippen LogP contribution is -2.33. The van der Waals surface area contributed by atoms with E-state index in [0.717, 1.165) is 19.4 Å². The third-order valence-corrected chi connectivity index (χ3v) is 4.85. The maximum absolute atomic E-state index is 13.7. The fraction of sp³-hybridized carbons (Fsp3) is 0.350. The highest BCUT2D eigenvalue weighted by molar-refractivity contribution is 6.30. The predicted octanol–water partition coefficient (Wildman–Crippen LogP) is 3.98. The number of amides is 1. The third kappa shape index (κ3) is 4.31. The topological polar surface area (TPSA) is 32.3 Å². The number of halogens is 2. The van der Waals surface area contributed by atoms with Gasteiger partial charge in [-0.25, -0.2) is 4.39 Å². The lowest BCUT2D eigenvalue weighted by molar-refractivity contribution is -0.120. The molecule has 2 aromatic carbocycles. The van der Waals surface area contributed by atoms with E-state index in [1.165, 1.54) is 17.3 Å². The molecule has 3 rings (SSSR count). The number of nitrogens with one attached hydrogen (secondary N) is 1. The first-order valence-corrected chi connectivity index (χ1v) is 8.97. The number of carbonyl (C=O) groups excluding carboxylic acids is 1. The van der Waals surface area contributed by atoms with Crippen LogP contribution in [-0.2, 0) is 17.6 Å². The van der Waals surface area contributed by atoms with E-state index < -0.39 is 5.82 Å². The van der Waals surface area contributed by atoms with Gasteiger partial charge in [0.05, 0.1) is 6.42 Å². The zero-order valence-electron chi connectivity index (χ0n) is 14.3. The summed E-state index contributed by atoms with van der Waals surface area (Å²) in [5.41, 5.74) is 3.05. The molecular formula is C20H22ClFN2O. The summed E-state index contributed by atoms with van der Waals surface area (Å²) in [6, 6.07) is 13.3. The molecule has 1 amide bonds. The molecule has 0 radical (unpaired) electrons. The Morgan fingerprint density at radius 3 is 2.92 bits per heavy atom. The maximum atomic E-state index is 13.7. The molecule has 0 saturated carbocycles. The lowest BCUT2D eigenvalue weighted by atomic mass is 10.1. The molecule has 0 aromatic heterocycles. The minimum atomic E-state index is -0.440. The van der Waals surface area contributed by atoms with Crippen LogP contribution in [0.25, 0.3) is 0 Å². The average molecular weight is 361 g/mol. The first-order valence-electron chi connectivity index (χ1n) is 8.60. The van der Waals surface area contributed by atoms with E-state index in [0.29, 0.717) is 23.2 Å². The van der Waals surface area contributed by atoms with Gasteiger partial charge in [-0.15, -0.1) is 0 Å². The van der Waals surface area contributed by atoms with Crippen molar-refractivity contribution in [1.29, 1.82) is 0 Å². The standard InChI is InChI=1S/C20H22ClFN2O/c1-14-11-16-5-2-3-6-19(16)24(14)10-4-9-23-20(25)12-15-7-8-17(21)13-18(15)22/h2-3,5-8,13-14H,4,9-12H2,1H3,(H,23,25)/t14-/m0/s1. The van der Waals surface area contributed by atoms with Gasteiger partial charge in [0.15, 0.2) is 0 Å². The van der Waals surface area contributed by atoms with Crippen LogP contribution >= 0.6 is 11.6 Å². The monoisotopic (exact) mass is 360 g/mol. The Labute approximate surface area is 152 Å². The summed E-state index contributed by atoms with van der Waals surface area (Å²) in [6.07, 6.45) is 1.96. The number of para-hydroxylation sites is 1. The quantitative estimate of drug-likeness (QED) is 0.790. The molecule has 1 N–H and O–H groups in total. The SMILES string of the molecule is C[C@H]1Cc2ccccc2N1CCCNC(=O)Cc1ccc(Cl)cc1F. The highest BCUT2D eigenvalue weighted by Crippen LogP contribution is 2.31. The molecular weight excluding hydrogens is 339 g/mol. The second-order valence-corrected chi connectivity index (χ2v) is 6.93. The van der Waals surface area contributed by atoms with Crippen molar-refractivity contribution in [3.63, 3.8) is 0 Å². The summed E-state index contributed by atoms with van der Waals surface area (Å²) < 4.78 is 13.7. The second-order valence-electron chi connectivity index (χ2n) is 6.49. The minimum Gasteiger partial charge on any atom is -0.368 e. The zero-order chi connectivity index (χ0) is 17.8. The molecule has 2 aromatic rings. The Balaban J connectivity index is 1.45. The van der Waals surface area contributed by atoms with Crippen molar-refractivity contribution >= 4 is 23.2 Å². The Morgan fingerprint density at radius 1 is 1.32 bits per heavy atom. The molecule has 1 heterocycles. The van der Waals surface area contributed by atoms with Gasteiger partial charge in [0.2, 0.25) is 5.91 Å². The molecule has 5 heteroatoms. The summed E-state index contributed by atoms with van der Waals surface area (Å²) in [7, 11) is 0. The van der Waals surface area contributed by atoms with E-state index in [1.807, 2.05) is 0 Å². The highest BCUT2D eigenvalue weighted by Gasteiger charge is 2.24. The molecule has 3 nitrogen and oxygen atoms in total. The van der Waals surface area contributed by atoms with Gasteiger partial charge in [-0.05, 0) is 49.1 Å². The first-order chi connectivity index (χ1) is 12.0. The van der Waals surface area contributed by atoms with Gasteiger partial charge in [-0.3, -0.25) is 4.79 Å². The van der Waals surface area contributed by atoms with Crippen molar-refractivity contribution < 1.29 is 9.18 Å². The third-order valence-electron chi connectivity index (χ3n) is 4.61. The van der Waals surface area contributed by atoms with Gasteiger partial charge in [-0.1, -0.05) is 35.9 Å². The van der Waals surface area contributed by atoms with Crippen LogP contribution in [0.4, 0.5) is 10.1 Å². The van der Waals surface area contributed by atoms with Crippen LogP contribution < -0.4 is 10.2 Å². The summed E-state index contributed by atoms with van der Waals surface area (Å²) >= 11 is 5.72. The number of anilines is 1. The smallest absolute Gasteiger partial charge is 0.224 e. The van der Waals surface area contributed by atoms with Crippen LogP contribution in [0.1, 0.15) is 24.5 Å². The number of carbonyl (C=O) groups is 1. The number of benzene rings is 2. The Bertz CT molecular complexity index is 765. The zero-order valence-corrected chi connectivity index (χ0v) is 15.0. The van der Waals surface area contributed by atoms with Crippen molar-refractivity contribution in [3.05, 3.63) is 64.4 Å². The van der Waals surface area contributed by atoms with Gasteiger partial charge in [0, 0.05) is 29.8 Å². The molecule has 0 aliphatic carbocycles. The largest absolute Gasteiger partial charge is 0.368 e. The number of hydrogen-bond acceptors (Lipinski definition) is 2. The van der Waals surface area contributed by atoms with Crippen molar-refractivity contribution in [1.82, 2.24) is 5.32 Å². The molecule has 0 spiro atoms. The second kappa shape index (κ2) is 7.87. The van der Waals surface area contributed by atoms with Gasteiger partial charge >= 0.3 is 0 Å². The molecule has 1 atom stereocenters. The number of hydrogen-bond donors (Lipinski definition) is 1.